The number of hydrogen-bond donors (Lipinski definition) is 0. The molecule has 0 spiro atoms. The van der Waals surface area contributed by atoms with Crippen LogP contribution in [0.5, 0.6) is 0 Å². The van der Waals surface area contributed by atoms with Crippen molar-refractivity contribution in [3.05, 3.63) is 35.9 Å². The Morgan fingerprint density at radius 3 is 2.62 bits per heavy atom. The molecule has 1 aliphatic carbocycles. The Morgan fingerprint density at radius 2 is 1.94 bits per heavy atom. The minimum absolute atomic E-state index is 0.316. The van der Waals surface area contributed by atoms with Crippen LogP contribution >= 0.6 is 0 Å². The van der Waals surface area contributed by atoms with E-state index in [0.29, 0.717) is 12.0 Å². The molecule has 1 aromatic carbocycles. The summed E-state index contributed by atoms with van der Waals surface area (Å²) in [6.07, 6.45) is 5.23. The van der Waals surface area contributed by atoms with Gasteiger partial charge in [-0.25, -0.2) is 0 Å². The predicted octanol–water partition coefficient (Wildman–Crippen LogP) is 4.40. The molecule has 1 nitrogen and oxygen atoms in total. The second-order valence-electron chi connectivity index (χ2n) is 4.85. The summed E-state index contributed by atoms with van der Waals surface area (Å²) in [5.74, 6) is 0.694. The van der Waals surface area contributed by atoms with Crippen LogP contribution in [0.2, 0.25) is 0 Å². The van der Waals surface area contributed by atoms with E-state index in [-0.39, 0.29) is 0 Å². The van der Waals surface area contributed by atoms with Crippen molar-refractivity contribution in [2.45, 2.75) is 45.6 Å². The van der Waals surface area contributed by atoms with Gasteiger partial charge in [-0.15, -0.1) is 0 Å². The molecule has 2 rings (SSSR count). The van der Waals surface area contributed by atoms with Crippen LogP contribution in [0.3, 0.4) is 0 Å². The van der Waals surface area contributed by atoms with E-state index in [1.165, 1.54) is 37.0 Å². The van der Waals surface area contributed by atoms with Gasteiger partial charge < -0.3 is 0 Å². The lowest BCUT2D eigenvalue weighted by atomic mass is 9.88. The van der Waals surface area contributed by atoms with Gasteiger partial charge in [-0.3, -0.25) is 4.99 Å². The highest BCUT2D eigenvalue weighted by Gasteiger charge is 2.16. The van der Waals surface area contributed by atoms with E-state index < -0.39 is 0 Å². The fourth-order valence-electron chi connectivity index (χ4n) is 2.42. The Kier molecular flexibility index (Phi) is 3.76. The Morgan fingerprint density at radius 1 is 1.19 bits per heavy atom. The maximum absolute atomic E-state index is 4.90. The van der Waals surface area contributed by atoms with Gasteiger partial charge in [-0.05, 0) is 37.7 Å². The summed E-state index contributed by atoms with van der Waals surface area (Å²) in [6, 6.07) is 10.9. The molecule has 0 N–H and O–H groups in total. The molecule has 0 aliphatic heterocycles. The summed E-state index contributed by atoms with van der Waals surface area (Å²) < 4.78 is 0. The van der Waals surface area contributed by atoms with Crippen molar-refractivity contribution in [3.63, 3.8) is 0 Å². The molecule has 1 saturated carbocycles. The molecular formula is C15H21N. The highest BCUT2D eigenvalue weighted by Crippen LogP contribution is 2.25. The molecular weight excluding hydrogens is 194 g/mol. The minimum Gasteiger partial charge on any atom is -0.286 e. The van der Waals surface area contributed by atoms with Gasteiger partial charge in [-0.2, -0.15) is 0 Å². The van der Waals surface area contributed by atoms with Crippen molar-refractivity contribution in [2.24, 2.45) is 10.9 Å². The first-order valence-corrected chi connectivity index (χ1v) is 6.39. The van der Waals surface area contributed by atoms with E-state index in [2.05, 4.69) is 44.2 Å². The lowest BCUT2D eigenvalue weighted by molar-refractivity contribution is 0.552. The van der Waals surface area contributed by atoms with Crippen molar-refractivity contribution in [3.8, 4) is 0 Å². The van der Waals surface area contributed by atoms with E-state index >= 15 is 0 Å². The van der Waals surface area contributed by atoms with Gasteiger partial charge in [0.05, 0.1) is 6.04 Å². The van der Waals surface area contributed by atoms with E-state index in [0.717, 1.165) is 0 Å². The standard InChI is InChI=1S/C15H21N/c1-12-8-6-7-11-15(12)16-13(2)14-9-4-3-5-10-14/h3-5,9-10,12-13H,6-8,11H2,1-2H3/b16-15-/t12-,13?/m0/s1. The van der Waals surface area contributed by atoms with Crippen LogP contribution < -0.4 is 0 Å². The molecule has 1 aliphatic rings. The molecule has 0 aromatic heterocycles. The lowest BCUT2D eigenvalue weighted by Gasteiger charge is -2.22. The summed E-state index contributed by atoms with van der Waals surface area (Å²) >= 11 is 0. The third-order valence-corrected chi connectivity index (χ3v) is 3.53. The van der Waals surface area contributed by atoms with E-state index in [4.69, 9.17) is 4.99 Å². The second-order valence-corrected chi connectivity index (χ2v) is 4.85. The maximum atomic E-state index is 4.90. The van der Waals surface area contributed by atoms with Gasteiger partial charge in [0.15, 0.2) is 0 Å². The first kappa shape index (κ1) is 11.4. The van der Waals surface area contributed by atoms with Crippen LogP contribution in [0.25, 0.3) is 0 Å². The molecule has 16 heavy (non-hydrogen) atoms. The monoisotopic (exact) mass is 215 g/mol. The SMILES string of the molecule is CC(/N=C1/CCCC[C@@H]1C)c1ccccc1. The van der Waals surface area contributed by atoms with Crippen LogP contribution in [0.4, 0.5) is 0 Å². The smallest absolute Gasteiger partial charge is 0.0720 e. The Bertz CT molecular complexity index is 353. The van der Waals surface area contributed by atoms with Gasteiger partial charge in [0, 0.05) is 5.71 Å². The van der Waals surface area contributed by atoms with E-state index in [1.54, 1.807) is 0 Å². The number of rotatable bonds is 2. The highest BCUT2D eigenvalue weighted by molar-refractivity contribution is 5.87. The summed E-state index contributed by atoms with van der Waals surface area (Å²) in [4.78, 5) is 4.90. The number of nitrogens with zero attached hydrogens (tertiary/aromatic N) is 1. The molecule has 0 heterocycles. The van der Waals surface area contributed by atoms with E-state index in [1.807, 2.05) is 0 Å². The van der Waals surface area contributed by atoms with Crippen molar-refractivity contribution in [1.29, 1.82) is 0 Å². The molecule has 0 amide bonds. The third kappa shape index (κ3) is 2.72. The highest BCUT2D eigenvalue weighted by atomic mass is 14.8. The number of aliphatic imine (C=N–C) groups is 1. The number of benzene rings is 1. The number of hydrogen-bond acceptors (Lipinski definition) is 1. The zero-order valence-corrected chi connectivity index (χ0v) is 10.3. The minimum atomic E-state index is 0.316. The molecule has 1 unspecified atom stereocenters. The summed E-state index contributed by atoms with van der Waals surface area (Å²) in [5, 5.41) is 0. The van der Waals surface area contributed by atoms with Gasteiger partial charge >= 0.3 is 0 Å². The maximum Gasteiger partial charge on any atom is 0.0720 e. The van der Waals surface area contributed by atoms with Crippen molar-refractivity contribution in [1.82, 2.24) is 0 Å². The van der Waals surface area contributed by atoms with Crippen LogP contribution in [0.15, 0.2) is 35.3 Å². The Labute approximate surface area is 98.6 Å². The fraction of sp³-hybridized carbons (Fsp3) is 0.533. The molecule has 0 saturated heterocycles. The normalized spacial score (nSPS) is 25.6. The summed E-state index contributed by atoms with van der Waals surface area (Å²) in [6.45, 7) is 4.51. The Hall–Kier alpha value is -1.11. The van der Waals surface area contributed by atoms with Crippen LogP contribution in [0, 0.1) is 5.92 Å². The van der Waals surface area contributed by atoms with Gasteiger partial charge in [0.2, 0.25) is 0 Å². The Balaban J connectivity index is 2.10. The average Bonchev–Trinajstić information content (AvgIpc) is 2.33. The predicted molar refractivity (Wildman–Crippen MR) is 69.9 cm³/mol. The first-order chi connectivity index (χ1) is 7.77. The molecule has 2 atom stereocenters. The molecule has 1 aromatic rings. The van der Waals surface area contributed by atoms with Gasteiger partial charge in [0.25, 0.3) is 0 Å². The molecule has 86 valence electrons. The van der Waals surface area contributed by atoms with Gasteiger partial charge in [0.1, 0.15) is 0 Å². The molecule has 0 bridgehead atoms. The van der Waals surface area contributed by atoms with Crippen molar-refractivity contribution < 1.29 is 0 Å². The van der Waals surface area contributed by atoms with E-state index in [9.17, 15) is 0 Å². The van der Waals surface area contributed by atoms with Crippen LogP contribution in [0.1, 0.15) is 51.1 Å². The topological polar surface area (TPSA) is 12.4 Å². The third-order valence-electron chi connectivity index (χ3n) is 3.53. The van der Waals surface area contributed by atoms with Gasteiger partial charge in [-0.1, -0.05) is 43.7 Å². The summed E-state index contributed by atoms with van der Waals surface area (Å²) in [5.41, 5.74) is 2.76. The molecule has 1 fully saturated rings. The first-order valence-electron chi connectivity index (χ1n) is 6.39. The fourth-order valence-corrected chi connectivity index (χ4v) is 2.42. The largest absolute Gasteiger partial charge is 0.286 e. The van der Waals surface area contributed by atoms with Crippen molar-refractivity contribution in [2.75, 3.05) is 0 Å². The molecule has 0 radical (unpaired) electrons. The lowest BCUT2D eigenvalue weighted by Crippen LogP contribution is -2.17. The summed E-state index contributed by atoms with van der Waals surface area (Å²) in [7, 11) is 0. The van der Waals surface area contributed by atoms with Crippen molar-refractivity contribution >= 4 is 5.71 Å². The zero-order chi connectivity index (χ0) is 11.4. The quantitative estimate of drug-likeness (QED) is 0.693. The molecule has 1 heteroatoms. The van der Waals surface area contributed by atoms with Crippen LogP contribution in [-0.2, 0) is 0 Å². The second kappa shape index (κ2) is 5.29. The zero-order valence-electron chi connectivity index (χ0n) is 10.3. The average molecular weight is 215 g/mol. The van der Waals surface area contributed by atoms with Crippen LogP contribution in [-0.4, -0.2) is 5.71 Å².